The van der Waals surface area contributed by atoms with Crippen molar-refractivity contribution in [2.24, 2.45) is 0 Å². The molecule has 18 heavy (non-hydrogen) atoms. The Morgan fingerprint density at radius 2 is 1.94 bits per heavy atom. The molecule has 0 radical (unpaired) electrons. The Balaban J connectivity index is 2.14. The Kier molecular flexibility index (Phi) is 4.38. The van der Waals surface area contributed by atoms with Gasteiger partial charge in [0.1, 0.15) is 5.75 Å². The average molecular weight is 347 g/mol. The molecule has 0 aliphatic rings. The lowest BCUT2D eigenvalue weighted by molar-refractivity contribution is 0.465. The van der Waals surface area contributed by atoms with Crippen molar-refractivity contribution in [3.63, 3.8) is 0 Å². The summed E-state index contributed by atoms with van der Waals surface area (Å²) in [7, 11) is 0. The van der Waals surface area contributed by atoms with Crippen LogP contribution in [0.4, 0.5) is 5.69 Å². The molecule has 0 atom stereocenters. The SMILES string of the molecule is Oc1c(Br)cccc1CNc1ccc(Cl)cc1Cl. The van der Waals surface area contributed by atoms with Crippen LogP contribution in [0.25, 0.3) is 0 Å². The van der Waals surface area contributed by atoms with Crippen LogP contribution >= 0.6 is 39.1 Å². The van der Waals surface area contributed by atoms with Gasteiger partial charge in [-0.2, -0.15) is 0 Å². The fourth-order valence-corrected chi connectivity index (χ4v) is 2.41. The molecular weight excluding hydrogens is 337 g/mol. The first-order valence-electron chi connectivity index (χ1n) is 5.23. The summed E-state index contributed by atoms with van der Waals surface area (Å²) >= 11 is 15.1. The molecule has 0 aromatic heterocycles. The minimum Gasteiger partial charge on any atom is -0.506 e. The number of para-hydroxylation sites is 1. The molecular formula is C13H10BrCl2NO. The van der Waals surface area contributed by atoms with Gasteiger partial charge in [0, 0.05) is 17.1 Å². The van der Waals surface area contributed by atoms with E-state index in [9.17, 15) is 5.11 Å². The van der Waals surface area contributed by atoms with Crippen molar-refractivity contribution in [3.05, 3.63) is 56.5 Å². The van der Waals surface area contributed by atoms with Gasteiger partial charge in [0.05, 0.1) is 15.2 Å². The first-order valence-corrected chi connectivity index (χ1v) is 6.78. The lowest BCUT2D eigenvalue weighted by Crippen LogP contribution is -2.00. The summed E-state index contributed by atoms with van der Waals surface area (Å²) in [5, 5.41) is 14.1. The third-order valence-electron chi connectivity index (χ3n) is 2.47. The molecule has 0 saturated heterocycles. The molecule has 2 aromatic carbocycles. The molecule has 2 nitrogen and oxygen atoms in total. The van der Waals surface area contributed by atoms with Crippen molar-refractivity contribution < 1.29 is 5.11 Å². The number of benzene rings is 2. The van der Waals surface area contributed by atoms with E-state index in [1.54, 1.807) is 24.3 Å². The highest BCUT2D eigenvalue weighted by Crippen LogP contribution is 2.30. The van der Waals surface area contributed by atoms with Gasteiger partial charge in [0.25, 0.3) is 0 Å². The largest absolute Gasteiger partial charge is 0.506 e. The molecule has 2 aromatic rings. The van der Waals surface area contributed by atoms with Crippen LogP contribution in [-0.4, -0.2) is 5.11 Å². The van der Waals surface area contributed by atoms with Crippen LogP contribution in [0.1, 0.15) is 5.56 Å². The number of hydrogen-bond donors (Lipinski definition) is 2. The van der Waals surface area contributed by atoms with Crippen molar-refractivity contribution in [1.82, 2.24) is 0 Å². The highest BCUT2D eigenvalue weighted by atomic mass is 79.9. The van der Waals surface area contributed by atoms with Crippen LogP contribution in [0.3, 0.4) is 0 Å². The average Bonchev–Trinajstić information content (AvgIpc) is 2.33. The molecule has 0 aliphatic heterocycles. The van der Waals surface area contributed by atoms with E-state index in [0.717, 1.165) is 11.3 Å². The van der Waals surface area contributed by atoms with Crippen LogP contribution in [0.2, 0.25) is 10.0 Å². The molecule has 2 N–H and O–H groups in total. The minimum absolute atomic E-state index is 0.232. The molecule has 0 unspecified atom stereocenters. The second-order valence-corrected chi connectivity index (χ2v) is 5.42. The lowest BCUT2D eigenvalue weighted by Gasteiger charge is -2.10. The van der Waals surface area contributed by atoms with E-state index in [-0.39, 0.29) is 5.75 Å². The monoisotopic (exact) mass is 345 g/mol. The fourth-order valence-electron chi connectivity index (χ4n) is 1.53. The summed E-state index contributed by atoms with van der Waals surface area (Å²) in [5.74, 6) is 0.232. The van der Waals surface area contributed by atoms with E-state index in [1.165, 1.54) is 0 Å². The fraction of sp³-hybridized carbons (Fsp3) is 0.0769. The summed E-state index contributed by atoms with van der Waals surface area (Å²) in [4.78, 5) is 0. The van der Waals surface area contributed by atoms with Crippen LogP contribution in [0.5, 0.6) is 5.75 Å². The summed E-state index contributed by atoms with van der Waals surface area (Å²) in [6.07, 6.45) is 0. The van der Waals surface area contributed by atoms with Gasteiger partial charge in [-0.3, -0.25) is 0 Å². The highest BCUT2D eigenvalue weighted by Gasteiger charge is 2.06. The second-order valence-electron chi connectivity index (χ2n) is 3.73. The quantitative estimate of drug-likeness (QED) is 0.812. The van der Waals surface area contributed by atoms with E-state index < -0.39 is 0 Å². The zero-order chi connectivity index (χ0) is 13.1. The Morgan fingerprint density at radius 3 is 2.67 bits per heavy atom. The Morgan fingerprint density at radius 1 is 1.17 bits per heavy atom. The zero-order valence-corrected chi connectivity index (χ0v) is 12.4. The van der Waals surface area contributed by atoms with Gasteiger partial charge >= 0.3 is 0 Å². The maximum atomic E-state index is 9.85. The first kappa shape index (κ1) is 13.5. The van der Waals surface area contributed by atoms with Crippen LogP contribution in [0.15, 0.2) is 40.9 Å². The molecule has 2 rings (SSSR count). The number of phenolic OH excluding ortho intramolecular Hbond substituents is 1. The molecule has 94 valence electrons. The molecule has 0 saturated carbocycles. The van der Waals surface area contributed by atoms with E-state index in [1.807, 2.05) is 12.1 Å². The number of phenols is 1. The zero-order valence-electron chi connectivity index (χ0n) is 9.25. The minimum atomic E-state index is 0.232. The molecule has 5 heteroatoms. The summed E-state index contributed by atoms with van der Waals surface area (Å²) in [6, 6.07) is 10.7. The van der Waals surface area contributed by atoms with Gasteiger partial charge < -0.3 is 10.4 Å². The van der Waals surface area contributed by atoms with E-state index in [4.69, 9.17) is 23.2 Å². The summed E-state index contributed by atoms with van der Waals surface area (Å²) < 4.78 is 0.670. The smallest absolute Gasteiger partial charge is 0.134 e. The first-order chi connectivity index (χ1) is 8.58. The van der Waals surface area contributed by atoms with Crippen molar-refractivity contribution in [1.29, 1.82) is 0 Å². The van der Waals surface area contributed by atoms with Gasteiger partial charge in [-0.05, 0) is 40.2 Å². The maximum absolute atomic E-state index is 9.85. The molecule has 0 spiro atoms. The van der Waals surface area contributed by atoms with Crippen LogP contribution < -0.4 is 5.32 Å². The number of anilines is 1. The van der Waals surface area contributed by atoms with Crippen molar-refractivity contribution in [3.8, 4) is 5.75 Å². The van der Waals surface area contributed by atoms with Crippen LogP contribution in [-0.2, 0) is 6.54 Å². The Labute approximate surface area is 124 Å². The van der Waals surface area contributed by atoms with Gasteiger partial charge in [-0.25, -0.2) is 0 Å². The van der Waals surface area contributed by atoms with E-state index >= 15 is 0 Å². The number of nitrogens with one attached hydrogen (secondary N) is 1. The number of hydrogen-bond acceptors (Lipinski definition) is 2. The Bertz CT molecular complexity index is 575. The van der Waals surface area contributed by atoms with Crippen molar-refractivity contribution >= 4 is 44.8 Å². The van der Waals surface area contributed by atoms with Crippen LogP contribution in [0, 0.1) is 0 Å². The maximum Gasteiger partial charge on any atom is 0.134 e. The highest BCUT2D eigenvalue weighted by molar-refractivity contribution is 9.10. The number of aromatic hydroxyl groups is 1. The standard InChI is InChI=1S/C13H10BrCl2NO/c14-10-3-1-2-8(13(10)18)7-17-12-5-4-9(15)6-11(12)16/h1-6,17-18H,7H2. The normalized spacial score (nSPS) is 10.4. The third-order valence-corrected chi connectivity index (χ3v) is 3.66. The van der Waals surface area contributed by atoms with Gasteiger partial charge in [-0.15, -0.1) is 0 Å². The number of rotatable bonds is 3. The third kappa shape index (κ3) is 3.10. The van der Waals surface area contributed by atoms with Gasteiger partial charge in [0.2, 0.25) is 0 Å². The predicted molar refractivity (Wildman–Crippen MR) is 79.6 cm³/mol. The summed E-state index contributed by atoms with van der Waals surface area (Å²) in [6.45, 7) is 0.479. The van der Waals surface area contributed by atoms with Crippen molar-refractivity contribution in [2.45, 2.75) is 6.54 Å². The molecule has 0 bridgehead atoms. The van der Waals surface area contributed by atoms with Crippen molar-refractivity contribution in [2.75, 3.05) is 5.32 Å². The van der Waals surface area contributed by atoms with Gasteiger partial charge in [-0.1, -0.05) is 35.3 Å². The molecule has 0 aliphatic carbocycles. The Hall–Kier alpha value is -0.900. The second kappa shape index (κ2) is 5.83. The molecule has 0 fully saturated rings. The van der Waals surface area contributed by atoms with E-state index in [0.29, 0.717) is 21.1 Å². The lowest BCUT2D eigenvalue weighted by atomic mass is 10.2. The molecule has 0 amide bonds. The molecule has 0 heterocycles. The topological polar surface area (TPSA) is 32.3 Å². The number of halogens is 3. The van der Waals surface area contributed by atoms with Gasteiger partial charge in [0.15, 0.2) is 0 Å². The predicted octanol–water partition coefficient (Wildman–Crippen LogP) is 5.07. The summed E-state index contributed by atoms with van der Waals surface area (Å²) in [5.41, 5.74) is 1.57. The van der Waals surface area contributed by atoms with E-state index in [2.05, 4.69) is 21.2 Å².